The van der Waals surface area contributed by atoms with Crippen LogP contribution >= 0.6 is 11.6 Å². The van der Waals surface area contributed by atoms with E-state index >= 15 is 0 Å². The molecule has 3 rings (SSSR count). The number of phenols is 1. The van der Waals surface area contributed by atoms with Gasteiger partial charge in [-0.1, -0.05) is 35.9 Å². The van der Waals surface area contributed by atoms with Gasteiger partial charge in [0.1, 0.15) is 16.9 Å². The molecule has 27 heavy (non-hydrogen) atoms. The number of aromatic hydroxyl groups is 1. The van der Waals surface area contributed by atoms with Gasteiger partial charge in [0, 0.05) is 10.4 Å². The largest absolute Gasteiger partial charge is 0.505 e. The fraction of sp³-hybridized carbons (Fsp3) is 0.0556. The van der Waals surface area contributed by atoms with Gasteiger partial charge in [-0.05, 0) is 36.1 Å². The van der Waals surface area contributed by atoms with Gasteiger partial charge < -0.3 is 14.8 Å². The van der Waals surface area contributed by atoms with E-state index in [1.165, 1.54) is 18.2 Å². The second kappa shape index (κ2) is 7.43. The first kappa shape index (κ1) is 19.0. The second-order valence-corrected chi connectivity index (χ2v) is 7.01. The van der Waals surface area contributed by atoms with Crippen LogP contribution in [0.25, 0.3) is 10.8 Å². The van der Waals surface area contributed by atoms with Crippen molar-refractivity contribution in [2.24, 2.45) is 10.2 Å². The number of carboxylic acid groups (broad SMARTS) is 1. The maximum atomic E-state index is 11.6. The Kier molecular flexibility index (Phi) is 5.22. The summed E-state index contributed by atoms with van der Waals surface area (Å²) in [6.07, 6.45) is 0. The average molecular weight is 405 g/mol. The Morgan fingerprint density at radius 3 is 2.52 bits per heavy atom. The highest BCUT2D eigenvalue weighted by molar-refractivity contribution is 7.79. The highest BCUT2D eigenvalue weighted by atomic mass is 35.5. The van der Waals surface area contributed by atoms with Gasteiger partial charge in [0.25, 0.3) is 0 Å². The Hall–Kier alpha value is -2.81. The summed E-state index contributed by atoms with van der Waals surface area (Å²) in [5, 5.41) is 28.9. The van der Waals surface area contributed by atoms with Crippen molar-refractivity contribution in [1.82, 2.24) is 0 Å². The summed E-state index contributed by atoms with van der Waals surface area (Å²) in [5.41, 5.74) is 0.247. The number of rotatable bonds is 4. The van der Waals surface area contributed by atoms with Gasteiger partial charge in [-0.25, -0.2) is 9.00 Å². The number of carbonyl (C=O) groups is 1. The number of azo groups is 1. The molecule has 0 aliphatic carbocycles. The number of carboxylic acids is 1. The van der Waals surface area contributed by atoms with Crippen molar-refractivity contribution >= 4 is 50.8 Å². The van der Waals surface area contributed by atoms with Gasteiger partial charge in [0.15, 0.2) is 16.8 Å². The smallest absolute Gasteiger partial charge is 0.339 e. The molecule has 0 saturated heterocycles. The molecule has 1 unspecified atom stereocenters. The number of halogens is 1. The molecule has 0 heterocycles. The molecular weight excluding hydrogens is 392 g/mol. The van der Waals surface area contributed by atoms with E-state index in [4.69, 9.17) is 11.6 Å². The lowest BCUT2D eigenvalue weighted by Gasteiger charge is -2.08. The van der Waals surface area contributed by atoms with Crippen LogP contribution in [0.4, 0.5) is 11.4 Å². The second-order valence-electron chi connectivity index (χ2n) is 5.67. The third-order valence-corrected chi connectivity index (χ3v) is 5.02. The number of aromatic carboxylic acids is 1. The molecule has 7 nitrogen and oxygen atoms in total. The molecule has 0 spiro atoms. The summed E-state index contributed by atoms with van der Waals surface area (Å²) in [6.45, 7) is 1.68. The fourth-order valence-electron chi connectivity index (χ4n) is 2.55. The molecular formula is C18H13ClN2O5S. The molecule has 138 valence electrons. The van der Waals surface area contributed by atoms with Crippen LogP contribution in [-0.4, -0.2) is 24.9 Å². The number of hydrogen-bond donors (Lipinski definition) is 3. The average Bonchev–Trinajstić information content (AvgIpc) is 2.62. The van der Waals surface area contributed by atoms with Gasteiger partial charge in [-0.2, -0.15) is 0 Å². The summed E-state index contributed by atoms with van der Waals surface area (Å²) < 4.78 is 21.0. The van der Waals surface area contributed by atoms with E-state index < -0.39 is 22.8 Å². The lowest BCUT2D eigenvalue weighted by Crippen LogP contribution is -1.97. The summed E-state index contributed by atoms with van der Waals surface area (Å²) in [7, 11) is 0. The quantitative estimate of drug-likeness (QED) is 0.407. The van der Waals surface area contributed by atoms with E-state index in [0.717, 1.165) is 0 Å². The van der Waals surface area contributed by atoms with Crippen LogP contribution in [0.3, 0.4) is 0 Å². The Bertz CT molecular complexity index is 1130. The van der Waals surface area contributed by atoms with Crippen LogP contribution in [0.5, 0.6) is 5.75 Å². The van der Waals surface area contributed by atoms with E-state index in [0.29, 0.717) is 21.4 Å². The normalized spacial score (nSPS) is 12.6. The minimum atomic E-state index is -2.33. The van der Waals surface area contributed by atoms with Crippen LogP contribution in [0.2, 0.25) is 5.02 Å². The van der Waals surface area contributed by atoms with E-state index in [-0.39, 0.29) is 21.8 Å². The molecule has 3 aromatic carbocycles. The molecule has 0 aliphatic rings. The van der Waals surface area contributed by atoms with Crippen molar-refractivity contribution in [2.75, 3.05) is 0 Å². The molecule has 0 aromatic heterocycles. The van der Waals surface area contributed by atoms with Crippen LogP contribution in [0.15, 0.2) is 57.6 Å². The molecule has 0 bridgehead atoms. The molecule has 9 heteroatoms. The first-order valence-corrected chi connectivity index (χ1v) is 9.08. The van der Waals surface area contributed by atoms with E-state index in [9.17, 15) is 23.8 Å². The van der Waals surface area contributed by atoms with Crippen molar-refractivity contribution in [1.29, 1.82) is 0 Å². The maximum absolute atomic E-state index is 11.6. The highest BCUT2D eigenvalue weighted by Gasteiger charge is 2.18. The zero-order chi connectivity index (χ0) is 19.7. The predicted molar refractivity (Wildman–Crippen MR) is 102 cm³/mol. The Labute approximate surface area is 161 Å². The van der Waals surface area contributed by atoms with Crippen molar-refractivity contribution in [2.45, 2.75) is 11.8 Å². The monoisotopic (exact) mass is 404 g/mol. The molecule has 3 N–H and O–H groups in total. The molecule has 1 atom stereocenters. The third kappa shape index (κ3) is 3.68. The van der Waals surface area contributed by atoms with E-state index in [1.807, 2.05) is 0 Å². The van der Waals surface area contributed by atoms with Crippen molar-refractivity contribution in [3.05, 3.63) is 58.6 Å². The van der Waals surface area contributed by atoms with Gasteiger partial charge in [-0.15, -0.1) is 10.2 Å². The zero-order valence-electron chi connectivity index (χ0n) is 13.9. The number of hydrogen-bond acceptors (Lipinski definition) is 5. The Morgan fingerprint density at radius 2 is 1.85 bits per heavy atom. The molecule has 0 amide bonds. The first-order valence-electron chi connectivity index (χ1n) is 7.60. The number of fused-ring (bicyclic) bond motifs is 1. The van der Waals surface area contributed by atoms with Gasteiger partial charge in [-0.3, -0.25) is 0 Å². The standard InChI is InChI=1S/C18H13ClN2O5S/c1-9-6-15(27(25)26)14(8-13(9)19)20-21-16-11-5-3-2-4-10(11)7-12(17(16)22)18(23)24/h2-8,22H,1H3,(H,23,24)(H,25,26). The maximum Gasteiger partial charge on any atom is 0.339 e. The summed E-state index contributed by atoms with van der Waals surface area (Å²) in [5.74, 6) is -1.86. The summed E-state index contributed by atoms with van der Waals surface area (Å²) in [6, 6.07) is 10.9. The minimum absolute atomic E-state index is 0.00108. The van der Waals surface area contributed by atoms with Crippen LogP contribution in [-0.2, 0) is 11.1 Å². The van der Waals surface area contributed by atoms with E-state index in [2.05, 4.69) is 10.2 Å². The van der Waals surface area contributed by atoms with Crippen molar-refractivity contribution in [3.8, 4) is 5.75 Å². The summed E-state index contributed by atoms with van der Waals surface area (Å²) >= 11 is 3.73. The predicted octanol–water partition coefficient (Wildman–Crippen LogP) is 5.20. The van der Waals surface area contributed by atoms with Gasteiger partial charge in [0.05, 0.1) is 4.90 Å². The molecule has 0 saturated carbocycles. The van der Waals surface area contributed by atoms with Crippen molar-refractivity contribution < 1.29 is 23.8 Å². The molecule has 0 aliphatic heterocycles. The number of aryl methyl sites for hydroxylation is 1. The van der Waals surface area contributed by atoms with Crippen LogP contribution in [0, 0.1) is 6.92 Å². The van der Waals surface area contributed by atoms with Crippen molar-refractivity contribution in [3.63, 3.8) is 0 Å². The fourth-order valence-corrected chi connectivity index (χ4v) is 3.26. The number of benzene rings is 3. The lowest BCUT2D eigenvalue weighted by molar-refractivity contribution is 0.0694. The van der Waals surface area contributed by atoms with Crippen LogP contribution in [0.1, 0.15) is 15.9 Å². The van der Waals surface area contributed by atoms with Gasteiger partial charge in [0.2, 0.25) is 0 Å². The lowest BCUT2D eigenvalue weighted by atomic mass is 10.0. The van der Waals surface area contributed by atoms with Gasteiger partial charge >= 0.3 is 5.97 Å². The SMILES string of the molecule is Cc1cc(S(=O)O)c(N=Nc2c(O)c(C(=O)O)cc3ccccc23)cc1Cl. The van der Waals surface area contributed by atoms with E-state index in [1.54, 1.807) is 31.2 Å². The molecule has 0 fully saturated rings. The topological polar surface area (TPSA) is 120 Å². The van der Waals surface area contributed by atoms with Crippen LogP contribution < -0.4 is 0 Å². The Morgan fingerprint density at radius 1 is 1.15 bits per heavy atom. The summed E-state index contributed by atoms with van der Waals surface area (Å²) in [4.78, 5) is 11.4. The third-order valence-electron chi connectivity index (χ3n) is 3.91. The highest BCUT2D eigenvalue weighted by Crippen LogP contribution is 2.40. The number of nitrogens with zero attached hydrogens (tertiary/aromatic N) is 2. The molecule has 0 radical (unpaired) electrons. The Balaban J connectivity index is 2.23. The first-order chi connectivity index (χ1) is 12.8. The minimum Gasteiger partial charge on any atom is -0.505 e. The molecule has 3 aromatic rings. The zero-order valence-corrected chi connectivity index (χ0v) is 15.5.